The summed E-state index contributed by atoms with van der Waals surface area (Å²) in [7, 11) is 35.9. The molecule has 13 aromatic carbocycles. The van der Waals surface area contributed by atoms with Gasteiger partial charge in [-0.2, -0.15) is 20.0 Å². The number of nitrogens with zero attached hydrogens (tertiary/aromatic N) is 6. The van der Waals surface area contributed by atoms with Gasteiger partial charge in [-0.15, -0.1) is 0 Å². The average Bonchev–Trinajstić information content (AvgIpc) is 1.17. The number of halogens is 6. The number of benzene rings is 13. The summed E-state index contributed by atoms with van der Waals surface area (Å²) in [6.07, 6.45) is 2.22. The van der Waals surface area contributed by atoms with Gasteiger partial charge in [-0.05, 0) is 191 Å². The van der Waals surface area contributed by atoms with Gasteiger partial charge >= 0.3 is 382 Å². The van der Waals surface area contributed by atoms with Crippen LogP contribution in [0, 0.1) is 178 Å². The molecule has 126 heavy (non-hydrogen) atoms. The number of aryl methyl sites for hydroxylation is 19. The number of fused-ring (bicyclic) bond motifs is 2. The van der Waals surface area contributed by atoms with Gasteiger partial charge < -0.3 is 29.4 Å². The van der Waals surface area contributed by atoms with Crippen molar-refractivity contribution in [3.8, 4) is 22.3 Å². The van der Waals surface area contributed by atoms with E-state index in [1.54, 1.807) is 0 Å². The Morgan fingerprint density at radius 1 is 0.294 bits per heavy atom. The molecule has 0 spiro atoms. The fourth-order valence-electron chi connectivity index (χ4n) is 18.7. The SMILES string of the molecule is CC(C)[CH+]c1ccccc1[CH]=[Ru]([Cl])[Cl].Cc1cc(C)c(N2[CH-]N(c3c(C)cc(C)cc3C)CC2)c(C)c1.Cc1cc(C)c(N2[CH-]N(c3c(C)cc(C)cc3C)CC2)c(C)c1.Cc1cc(C)c(N2[CH-]N(c3c(C)cc(C)cc3C)CC2)c(C)c1.[CH2+]c1c([CH]=[Ru]([Cl])[Cl])cc2ccccc2c1-c1c(C)ccc2ccccc12.[CH2+]c1c([CH]=[Ru]([Cl])[Cl])cccc1-c1ccccc1. The predicted molar refractivity (Wildman–Crippen MR) is 549 cm³/mol. The standard InChI is InChI=1S/C23H17.3C21H27N2.C14H11.C11H13.6ClH.3Ru/c1-15-12-13-18-8-4-6-10-20(18)22(15)23-17(3)16(2)14-19-9-5-7-11-21(19)23;3*1-14-9-16(3)20(17(4)10-14)22-7-8-23(13-22)21-18(5)11-15(2)12-19(21)6;1-11-7-6-10-14(12(11)2)13-8-4-3-5-9-13;1-9(2)8-11-7-5-4-6-10(11)3;;;;;;;;;/h2,4-14H,3H2,1H3;3*9-13H,7-8H2,1-6H3;1,3-10H,2H2;3-9H,1-2H3;6*1H;;;/q+1;3*-1;2*+1;;;;;;;3*+2/p-6. The van der Waals surface area contributed by atoms with Crippen LogP contribution in [0.3, 0.4) is 0 Å². The molecule has 3 aliphatic rings. The number of anilines is 6. The van der Waals surface area contributed by atoms with E-state index in [1.165, 1.54) is 178 Å². The molecular weight excluding hydrogens is 1930 g/mol. The van der Waals surface area contributed by atoms with E-state index in [0.717, 1.165) is 78.2 Å². The van der Waals surface area contributed by atoms with E-state index in [2.05, 4.69) is 385 Å². The normalized spacial score (nSPS) is 13.2. The first-order valence-electron chi connectivity index (χ1n) is 42.9. The van der Waals surface area contributed by atoms with Crippen molar-refractivity contribution >= 4 is 128 Å². The van der Waals surface area contributed by atoms with Gasteiger partial charge in [0, 0.05) is 73.4 Å². The van der Waals surface area contributed by atoms with Crippen LogP contribution >= 0.6 is 58.1 Å². The molecule has 3 saturated heterocycles. The van der Waals surface area contributed by atoms with Crippen molar-refractivity contribution in [2.75, 3.05) is 68.7 Å². The molecule has 15 heteroatoms. The molecule has 0 atom stereocenters. The van der Waals surface area contributed by atoms with Gasteiger partial charge in [-0.3, -0.25) is 0 Å². The first-order valence-corrected chi connectivity index (χ1v) is 59.3. The fourth-order valence-corrected chi connectivity index (χ4v) is 24.3. The number of hydrogen-bond acceptors (Lipinski definition) is 6. The van der Waals surface area contributed by atoms with Crippen LogP contribution < -0.4 is 29.4 Å². The zero-order valence-corrected chi connectivity index (χ0v) is 86.7. The Bertz CT molecular complexity index is 5540. The first kappa shape index (κ1) is 98.6. The van der Waals surface area contributed by atoms with Crippen molar-refractivity contribution < 1.29 is 40.6 Å². The van der Waals surface area contributed by atoms with Crippen LogP contribution in [0.2, 0.25) is 0 Å². The molecule has 3 heterocycles. The van der Waals surface area contributed by atoms with Crippen LogP contribution in [0.15, 0.2) is 212 Å². The molecule has 662 valence electrons. The summed E-state index contributed by atoms with van der Waals surface area (Å²) in [6, 6.07) is 75.3. The summed E-state index contributed by atoms with van der Waals surface area (Å²) < 4.78 is 5.91. The van der Waals surface area contributed by atoms with Crippen LogP contribution in [0.4, 0.5) is 34.1 Å². The molecule has 16 rings (SSSR count). The summed E-state index contributed by atoms with van der Waals surface area (Å²) in [5, 5.41) is 4.85. The van der Waals surface area contributed by atoms with E-state index in [0.29, 0.717) is 5.92 Å². The molecule has 0 bridgehead atoms. The summed E-state index contributed by atoms with van der Waals surface area (Å²) in [5.41, 5.74) is 44.9. The van der Waals surface area contributed by atoms with Crippen LogP contribution in [-0.2, 0) is 40.6 Å². The Kier molecular flexibility index (Phi) is 35.2. The van der Waals surface area contributed by atoms with Gasteiger partial charge in [0.25, 0.3) is 0 Å². The van der Waals surface area contributed by atoms with Crippen LogP contribution in [-0.4, -0.2) is 53.1 Å². The van der Waals surface area contributed by atoms with Gasteiger partial charge in [0.1, 0.15) is 0 Å². The number of hydrogen-bond donors (Lipinski definition) is 0. The van der Waals surface area contributed by atoms with Crippen molar-refractivity contribution in [1.29, 1.82) is 0 Å². The Balaban J connectivity index is 0.000000148. The molecule has 3 aliphatic heterocycles. The third kappa shape index (κ3) is 25.2. The van der Waals surface area contributed by atoms with Crippen LogP contribution in [0.1, 0.15) is 153 Å². The van der Waals surface area contributed by atoms with E-state index in [4.69, 9.17) is 58.1 Å². The van der Waals surface area contributed by atoms with Gasteiger partial charge in [0.15, 0.2) is 0 Å². The van der Waals surface area contributed by atoms with Gasteiger partial charge in [0.2, 0.25) is 0 Å². The summed E-state index contributed by atoms with van der Waals surface area (Å²) in [5.74, 6) is 0.538. The van der Waals surface area contributed by atoms with Crippen molar-refractivity contribution in [3.63, 3.8) is 0 Å². The average molecular weight is 2060 g/mol. The molecule has 13 aromatic rings. The second-order valence-electron chi connectivity index (χ2n) is 34.2. The van der Waals surface area contributed by atoms with Crippen molar-refractivity contribution in [1.82, 2.24) is 0 Å². The molecule has 3 fully saturated rings. The third-order valence-corrected chi connectivity index (χ3v) is 28.6. The van der Waals surface area contributed by atoms with Gasteiger partial charge in [-0.1, -0.05) is 106 Å². The Morgan fingerprint density at radius 3 is 0.937 bits per heavy atom. The Morgan fingerprint density at radius 2 is 0.587 bits per heavy atom. The van der Waals surface area contributed by atoms with Crippen LogP contribution in [0.25, 0.3) is 43.8 Å². The molecule has 6 nitrogen and oxygen atoms in total. The van der Waals surface area contributed by atoms with Crippen LogP contribution in [0.5, 0.6) is 0 Å². The van der Waals surface area contributed by atoms with E-state index in [-0.39, 0.29) is 0 Å². The summed E-state index contributed by atoms with van der Waals surface area (Å²) in [6.45, 7) is 67.7. The zero-order chi connectivity index (χ0) is 91.2. The minimum atomic E-state index is -1.95. The van der Waals surface area contributed by atoms with Crippen molar-refractivity contribution in [3.05, 3.63) is 392 Å². The summed E-state index contributed by atoms with van der Waals surface area (Å²) >= 11 is -5.46. The van der Waals surface area contributed by atoms with E-state index in [1.807, 2.05) is 56.3 Å². The predicted octanol–water partition coefficient (Wildman–Crippen LogP) is 30.8. The number of rotatable bonds is 13. The van der Waals surface area contributed by atoms with Crippen molar-refractivity contribution in [2.45, 2.75) is 145 Å². The van der Waals surface area contributed by atoms with E-state index >= 15 is 0 Å². The second-order valence-corrected chi connectivity index (χ2v) is 51.4. The molecular formula is C111H122Cl6N6Ru3. The zero-order valence-electron chi connectivity index (χ0n) is 77.0. The topological polar surface area (TPSA) is 19.4 Å². The quantitative estimate of drug-likeness (QED) is 0.0840. The molecule has 0 aromatic heterocycles. The Labute approximate surface area is 794 Å². The third-order valence-electron chi connectivity index (χ3n) is 23.1. The fraction of sp³-hybridized carbons (Fsp3) is 0.252. The summed E-state index contributed by atoms with van der Waals surface area (Å²) in [4.78, 5) is 14.4. The molecule has 0 aliphatic carbocycles. The van der Waals surface area contributed by atoms with Gasteiger partial charge in [-0.25, -0.2) is 0 Å². The second kappa shape index (κ2) is 45.0. The maximum absolute atomic E-state index is 6.19. The first-order chi connectivity index (χ1) is 59.9. The van der Waals surface area contributed by atoms with E-state index < -0.39 is 40.6 Å². The molecule has 0 radical (unpaired) electrons. The molecule has 0 saturated carbocycles. The van der Waals surface area contributed by atoms with Crippen molar-refractivity contribution in [2.24, 2.45) is 5.92 Å². The maximum atomic E-state index is 6.19. The monoisotopic (exact) mass is 2050 g/mol. The molecule has 0 amide bonds. The molecule has 0 N–H and O–H groups in total. The van der Waals surface area contributed by atoms with Gasteiger partial charge in [0.05, 0.1) is 0 Å². The minimum absolute atomic E-state index is 0.538. The Hall–Kier alpha value is -7.99. The molecule has 0 unspecified atom stereocenters. The van der Waals surface area contributed by atoms with E-state index in [9.17, 15) is 0 Å².